The van der Waals surface area contributed by atoms with Gasteiger partial charge in [-0.25, -0.2) is 4.98 Å². The monoisotopic (exact) mass is 184 g/mol. The van der Waals surface area contributed by atoms with E-state index < -0.39 is 0 Å². The molecule has 0 fully saturated rings. The molecule has 0 aromatic carbocycles. The second-order valence-corrected chi connectivity index (χ2v) is 2.91. The van der Waals surface area contributed by atoms with Gasteiger partial charge in [-0.15, -0.1) is 0 Å². The number of aliphatic hydroxyl groups is 1. The Bertz CT molecular complexity index is 236. The van der Waals surface area contributed by atoms with Crippen LogP contribution in [0.5, 0.6) is 0 Å². The number of nitrogens with zero attached hydrogens (tertiary/aromatic N) is 3. The maximum Gasteiger partial charge on any atom is 0.151 e. The molecule has 0 unspecified atom stereocenters. The van der Waals surface area contributed by atoms with Gasteiger partial charge in [0.05, 0.1) is 0 Å². The highest BCUT2D eigenvalue weighted by molar-refractivity contribution is 4.81. The summed E-state index contributed by atoms with van der Waals surface area (Å²) >= 11 is 0. The van der Waals surface area contributed by atoms with E-state index in [-0.39, 0.29) is 6.61 Å². The van der Waals surface area contributed by atoms with Crippen molar-refractivity contribution in [3.8, 4) is 0 Å². The molecule has 0 aliphatic heterocycles. The molecule has 1 rings (SSSR count). The minimum absolute atomic E-state index is 0.245. The van der Waals surface area contributed by atoms with Gasteiger partial charge in [-0.2, -0.15) is 5.10 Å². The summed E-state index contributed by atoms with van der Waals surface area (Å²) in [7, 11) is 1.86. The Morgan fingerprint density at radius 3 is 3.00 bits per heavy atom. The van der Waals surface area contributed by atoms with Crippen molar-refractivity contribution in [2.75, 3.05) is 19.7 Å². The van der Waals surface area contributed by atoms with Crippen LogP contribution in [0, 0.1) is 0 Å². The van der Waals surface area contributed by atoms with Gasteiger partial charge in [0.15, 0.2) is 5.82 Å². The summed E-state index contributed by atoms with van der Waals surface area (Å²) < 4.78 is 1.70. The van der Waals surface area contributed by atoms with Gasteiger partial charge in [-0.1, -0.05) is 0 Å². The predicted molar refractivity (Wildman–Crippen MR) is 49.3 cm³/mol. The number of aliphatic hydroxyl groups excluding tert-OH is 1. The van der Waals surface area contributed by atoms with Crippen molar-refractivity contribution >= 4 is 0 Å². The fourth-order valence-electron chi connectivity index (χ4n) is 1.03. The van der Waals surface area contributed by atoms with E-state index in [1.807, 2.05) is 7.05 Å². The van der Waals surface area contributed by atoms with Crippen LogP contribution >= 0.6 is 0 Å². The lowest BCUT2D eigenvalue weighted by molar-refractivity contribution is 0.286. The summed E-state index contributed by atoms with van der Waals surface area (Å²) in [5, 5.41) is 15.9. The highest BCUT2D eigenvalue weighted by Crippen LogP contribution is 1.87. The van der Waals surface area contributed by atoms with Crippen molar-refractivity contribution in [3.05, 3.63) is 12.2 Å². The molecule has 2 N–H and O–H groups in total. The Morgan fingerprint density at radius 2 is 2.38 bits per heavy atom. The maximum atomic E-state index is 8.52. The zero-order chi connectivity index (χ0) is 9.52. The van der Waals surface area contributed by atoms with E-state index >= 15 is 0 Å². The Labute approximate surface area is 77.8 Å². The van der Waals surface area contributed by atoms with Crippen LogP contribution in [0.3, 0.4) is 0 Å². The van der Waals surface area contributed by atoms with Gasteiger partial charge < -0.3 is 10.4 Å². The van der Waals surface area contributed by atoms with E-state index in [9.17, 15) is 0 Å². The number of aryl methyl sites for hydroxylation is 1. The van der Waals surface area contributed by atoms with Crippen LogP contribution in [0.15, 0.2) is 6.33 Å². The summed E-state index contributed by atoms with van der Waals surface area (Å²) in [6, 6.07) is 0. The van der Waals surface area contributed by atoms with E-state index in [2.05, 4.69) is 15.4 Å². The van der Waals surface area contributed by atoms with Gasteiger partial charge in [0.25, 0.3) is 0 Å². The van der Waals surface area contributed by atoms with E-state index in [0.29, 0.717) is 0 Å². The molecule has 0 atom stereocenters. The number of hydrogen-bond donors (Lipinski definition) is 2. The number of hydrogen-bond acceptors (Lipinski definition) is 4. The first-order chi connectivity index (χ1) is 6.33. The molecule has 0 amide bonds. The largest absolute Gasteiger partial charge is 0.396 e. The zero-order valence-corrected chi connectivity index (χ0v) is 7.90. The Kier molecular flexibility index (Phi) is 4.42. The van der Waals surface area contributed by atoms with Crippen LogP contribution in [0.1, 0.15) is 12.2 Å². The van der Waals surface area contributed by atoms with Crippen LogP contribution in [-0.4, -0.2) is 39.6 Å². The molecular weight excluding hydrogens is 168 g/mol. The molecule has 74 valence electrons. The van der Waals surface area contributed by atoms with E-state index in [0.717, 1.165) is 31.8 Å². The quantitative estimate of drug-likeness (QED) is 0.576. The van der Waals surface area contributed by atoms with Crippen LogP contribution in [0.4, 0.5) is 0 Å². The number of nitrogens with one attached hydrogen (secondary N) is 1. The van der Waals surface area contributed by atoms with Crippen LogP contribution < -0.4 is 5.32 Å². The lowest BCUT2D eigenvalue weighted by Crippen LogP contribution is -2.19. The first-order valence-corrected chi connectivity index (χ1v) is 4.49. The van der Waals surface area contributed by atoms with Gasteiger partial charge in [-0.05, 0) is 13.0 Å². The van der Waals surface area contributed by atoms with Crippen LogP contribution in [0.2, 0.25) is 0 Å². The molecule has 13 heavy (non-hydrogen) atoms. The summed E-state index contributed by atoms with van der Waals surface area (Å²) in [5.41, 5.74) is 0. The molecule has 0 saturated heterocycles. The molecule has 0 saturated carbocycles. The van der Waals surface area contributed by atoms with Crippen molar-refractivity contribution in [2.45, 2.75) is 12.8 Å². The normalized spacial score (nSPS) is 10.6. The lowest BCUT2D eigenvalue weighted by atomic mass is 10.4. The molecule has 1 aromatic heterocycles. The van der Waals surface area contributed by atoms with Crippen molar-refractivity contribution in [2.24, 2.45) is 7.05 Å². The highest BCUT2D eigenvalue weighted by Gasteiger charge is 1.96. The third-order valence-electron chi connectivity index (χ3n) is 1.68. The van der Waals surface area contributed by atoms with Gasteiger partial charge in [0, 0.05) is 26.6 Å². The van der Waals surface area contributed by atoms with Crippen molar-refractivity contribution < 1.29 is 5.11 Å². The minimum atomic E-state index is 0.245. The van der Waals surface area contributed by atoms with E-state index in [1.54, 1.807) is 11.0 Å². The minimum Gasteiger partial charge on any atom is -0.396 e. The summed E-state index contributed by atoms with van der Waals surface area (Å²) in [6.07, 6.45) is 3.34. The molecule has 1 aromatic rings. The fourth-order valence-corrected chi connectivity index (χ4v) is 1.03. The van der Waals surface area contributed by atoms with Gasteiger partial charge in [0.1, 0.15) is 6.33 Å². The third-order valence-corrected chi connectivity index (χ3v) is 1.68. The molecule has 0 aliphatic carbocycles. The predicted octanol–water partition coefficient (Wildman–Crippen LogP) is -0.670. The smallest absolute Gasteiger partial charge is 0.151 e. The molecule has 1 heterocycles. The molecule has 0 radical (unpaired) electrons. The first kappa shape index (κ1) is 10.1. The fraction of sp³-hybridized carbons (Fsp3) is 0.750. The van der Waals surface area contributed by atoms with Crippen molar-refractivity contribution in [1.82, 2.24) is 20.1 Å². The SMILES string of the molecule is Cn1cnc(CCNCCCO)n1. The maximum absolute atomic E-state index is 8.52. The molecule has 0 bridgehead atoms. The van der Waals surface area contributed by atoms with Crippen molar-refractivity contribution in [1.29, 1.82) is 0 Å². The zero-order valence-electron chi connectivity index (χ0n) is 7.90. The average molecular weight is 184 g/mol. The molecule has 0 aliphatic rings. The van der Waals surface area contributed by atoms with Gasteiger partial charge in [-0.3, -0.25) is 4.68 Å². The topological polar surface area (TPSA) is 63.0 Å². The Morgan fingerprint density at radius 1 is 1.54 bits per heavy atom. The average Bonchev–Trinajstić information content (AvgIpc) is 2.51. The van der Waals surface area contributed by atoms with Crippen molar-refractivity contribution in [3.63, 3.8) is 0 Å². The molecule has 0 spiro atoms. The summed E-state index contributed by atoms with van der Waals surface area (Å²) in [4.78, 5) is 4.10. The number of rotatable bonds is 6. The highest BCUT2D eigenvalue weighted by atomic mass is 16.3. The Balaban J connectivity index is 2.06. The second-order valence-electron chi connectivity index (χ2n) is 2.91. The summed E-state index contributed by atoms with van der Waals surface area (Å²) in [6.45, 7) is 1.96. The second kappa shape index (κ2) is 5.66. The van der Waals surface area contributed by atoms with Gasteiger partial charge in [0.2, 0.25) is 0 Å². The van der Waals surface area contributed by atoms with E-state index in [1.165, 1.54) is 0 Å². The first-order valence-electron chi connectivity index (χ1n) is 4.49. The third kappa shape index (κ3) is 4.00. The number of aromatic nitrogens is 3. The van der Waals surface area contributed by atoms with E-state index in [4.69, 9.17) is 5.11 Å². The Hall–Kier alpha value is -0.940. The molecular formula is C8H16N4O. The van der Waals surface area contributed by atoms with Crippen LogP contribution in [-0.2, 0) is 13.5 Å². The van der Waals surface area contributed by atoms with Gasteiger partial charge >= 0.3 is 0 Å². The van der Waals surface area contributed by atoms with Crippen LogP contribution in [0.25, 0.3) is 0 Å². The molecule has 5 heteroatoms. The molecule has 5 nitrogen and oxygen atoms in total. The standard InChI is InChI=1S/C8H16N4O/c1-12-7-10-8(11-12)3-5-9-4-2-6-13/h7,9,13H,2-6H2,1H3. The summed E-state index contributed by atoms with van der Waals surface area (Å²) in [5.74, 6) is 0.860. The lowest BCUT2D eigenvalue weighted by Gasteiger charge is -1.99.